The Morgan fingerprint density at radius 3 is 2.59 bits per heavy atom. The topological polar surface area (TPSA) is 83.1 Å². The zero-order valence-electron chi connectivity index (χ0n) is 10.8. The van der Waals surface area contributed by atoms with Crippen LogP contribution < -0.4 is 5.43 Å². The molecule has 2 atom stereocenters. The summed E-state index contributed by atoms with van der Waals surface area (Å²) in [6.07, 6.45) is -0.386. The smallest absolute Gasteiger partial charge is 0.341 e. The fraction of sp³-hybridized carbons (Fsp3) is 0.214. The maximum atomic E-state index is 13.8. The number of carboxylic acid groups (broad SMARTS) is 1. The molecule has 0 aliphatic heterocycles. The van der Waals surface area contributed by atoms with E-state index in [0.29, 0.717) is 6.07 Å². The van der Waals surface area contributed by atoms with Crippen molar-refractivity contribution in [3.05, 3.63) is 45.2 Å². The third kappa shape index (κ3) is 1.86. The second kappa shape index (κ2) is 4.59. The van der Waals surface area contributed by atoms with E-state index in [4.69, 9.17) is 10.4 Å². The lowest BCUT2D eigenvalue weighted by molar-refractivity contribution is 0.0694. The summed E-state index contributed by atoms with van der Waals surface area (Å²) in [6, 6.07) is 1.18. The van der Waals surface area contributed by atoms with E-state index in [1.807, 2.05) is 0 Å². The second-order valence-electron chi connectivity index (χ2n) is 4.96. The highest BCUT2D eigenvalue weighted by Gasteiger charge is 2.40. The lowest BCUT2D eigenvalue weighted by Crippen LogP contribution is -2.20. The molecule has 3 rings (SSSR count). The molecule has 0 unspecified atom stereocenters. The minimum atomic E-state index is -1.57. The Morgan fingerprint density at radius 2 is 2.09 bits per heavy atom. The monoisotopic (exact) mass is 308 g/mol. The van der Waals surface area contributed by atoms with Crippen LogP contribution in [-0.4, -0.2) is 21.8 Å². The molecule has 1 fully saturated rings. The van der Waals surface area contributed by atoms with Crippen LogP contribution in [0.4, 0.5) is 13.2 Å². The number of carboxylic acids is 1. The molecule has 1 aromatic heterocycles. The van der Waals surface area contributed by atoms with Crippen LogP contribution in [0, 0.1) is 23.0 Å². The lowest BCUT2D eigenvalue weighted by atomic mass is 10.1. The number of benzene rings is 1. The van der Waals surface area contributed by atoms with Crippen molar-refractivity contribution in [2.75, 3.05) is 0 Å². The van der Waals surface area contributed by atoms with Crippen LogP contribution in [-0.2, 0) is 0 Å². The first-order valence-electron chi connectivity index (χ1n) is 6.21. The third-order valence-electron chi connectivity index (χ3n) is 3.59. The summed E-state index contributed by atoms with van der Waals surface area (Å²) in [5.41, 5.74) is -2.78. The molecule has 0 spiro atoms. The van der Waals surface area contributed by atoms with Crippen molar-refractivity contribution in [3.8, 4) is 6.07 Å². The van der Waals surface area contributed by atoms with Crippen LogP contribution in [0.15, 0.2) is 17.1 Å². The van der Waals surface area contributed by atoms with Gasteiger partial charge in [0.25, 0.3) is 0 Å². The first-order chi connectivity index (χ1) is 10.4. The number of alkyl halides is 1. The van der Waals surface area contributed by atoms with Crippen molar-refractivity contribution in [2.45, 2.75) is 18.6 Å². The van der Waals surface area contributed by atoms with Crippen LogP contribution in [0.3, 0.4) is 0 Å². The van der Waals surface area contributed by atoms with Gasteiger partial charge in [-0.3, -0.25) is 4.79 Å². The first kappa shape index (κ1) is 14.1. The highest BCUT2D eigenvalue weighted by atomic mass is 19.2. The number of hydrogen-bond donors (Lipinski definition) is 1. The van der Waals surface area contributed by atoms with Crippen molar-refractivity contribution in [1.29, 1.82) is 5.26 Å². The third-order valence-corrected chi connectivity index (χ3v) is 3.59. The summed E-state index contributed by atoms with van der Waals surface area (Å²) in [7, 11) is 0. The lowest BCUT2D eigenvalue weighted by Gasteiger charge is -2.13. The number of nitrogens with zero attached hydrogens (tertiary/aromatic N) is 2. The van der Waals surface area contributed by atoms with Gasteiger partial charge in [0.15, 0.2) is 11.6 Å². The van der Waals surface area contributed by atoms with Crippen LogP contribution in [0.1, 0.15) is 28.4 Å². The van der Waals surface area contributed by atoms with Gasteiger partial charge in [-0.05, 0) is 6.07 Å². The van der Waals surface area contributed by atoms with Crippen molar-refractivity contribution in [2.24, 2.45) is 0 Å². The van der Waals surface area contributed by atoms with Gasteiger partial charge < -0.3 is 9.67 Å². The van der Waals surface area contributed by atoms with Crippen LogP contribution >= 0.6 is 0 Å². The van der Waals surface area contributed by atoms with Gasteiger partial charge in [-0.1, -0.05) is 0 Å². The van der Waals surface area contributed by atoms with E-state index in [0.717, 1.165) is 10.8 Å². The van der Waals surface area contributed by atoms with E-state index in [1.54, 1.807) is 0 Å². The minimum absolute atomic E-state index is 0.0426. The molecule has 0 bridgehead atoms. The Hall–Kier alpha value is -2.82. The molecule has 5 nitrogen and oxygen atoms in total. The number of carbonyl (C=O) groups is 1. The second-order valence-corrected chi connectivity index (χ2v) is 4.96. The molecular weight excluding hydrogens is 301 g/mol. The van der Waals surface area contributed by atoms with Gasteiger partial charge in [-0.25, -0.2) is 18.0 Å². The standard InChI is InChI=1S/C14H7F3N2O3/c15-8-2-10(8)19-4-7(14(21)22)13(20)5-1-9(16)11(17)6(3-18)12(5)19/h1,4,8,10H,2H2,(H,21,22)/t8-,10+/m0/s1. The van der Waals surface area contributed by atoms with Crippen molar-refractivity contribution in [3.63, 3.8) is 0 Å². The zero-order valence-corrected chi connectivity index (χ0v) is 10.8. The number of fused-ring (bicyclic) bond motifs is 1. The number of rotatable bonds is 2. The van der Waals surface area contributed by atoms with Crippen molar-refractivity contribution < 1.29 is 23.1 Å². The summed E-state index contributed by atoms with van der Waals surface area (Å²) >= 11 is 0. The molecule has 1 saturated carbocycles. The number of aromatic carboxylic acids is 1. The van der Waals surface area contributed by atoms with Gasteiger partial charge in [0.1, 0.15) is 23.4 Å². The van der Waals surface area contributed by atoms with Gasteiger partial charge in [-0.2, -0.15) is 5.26 Å². The molecule has 1 aromatic carbocycles. The molecule has 1 aliphatic rings. The van der Waals surface area contributed by atoms with Gasteiger partial charge in [0.05, 0.1) is 16.9 Å². The molecular formula is C14H7F3N2O3. The van der Waals surface area contributed by atoms with Gasteiger partial charge >= 0.3 is 5.97 Å². The van der Waals surface area contributed by atoms with E-state index in [2.05, 4.69) is 0 Å². The summed E-state index contributed by atoms with van der Waals surface area (Å²) in [5.74, 6) is -4.47. The molecule has 8 heteroatoms. The van der Waals surface area contributed by atoms with Crippen LogP contribution in [0.25, 0.3) is 10.9 Å². The van der Waals surface area contributed by atoms with Crippen molar-refractivity contribution in [1.82, 2.24) is 4.57 Å². The van der Waals surface area contributed by atoms with E-state index >= 15 is 0 Å². The van der Waals surface area contributed by atoms with Gasteiger partial charge in [0, 0.05) is 12.6 Å². The number of halogens is 3. The van der Waals surface area contributed by atoms with Crippen LogP contribution in [0.2, 0.25) is 0 Å². The van der Waals surface area contributed by atoms with Crippen LogP contribution in [0.5, 0.6) is 0 Å². The molecule has 1 aliphatic carbocycles. The minimum Gasteiger partial charge on any atom is -0.477 e. The van der Waals surface area contributed by atoms with Gasteiger partial charge in [-0.15, -0.1) is 0 Å². The summed E-state index contributed by atoms with van der Waals surface area (Å²) in [6.45, 7) is 0. The van der Waals surface area contributed by atoms with E-state index < -0.39 is 51.8 Å². The highest BCUT2D eigenvalue weighted by molar-refractivity contribution is 5.94. The molecule has 22 heavy (non-hydrogen) atoms. The average Bonchev–Trinajstić information content (AvgIpc) is 3.18. The number of pyridine rings is 1. The van der Waals surface area contributed by atoms with Gasteiger partial charge in [0.2, 0.25) is 5.43 Å². The number of aromatic nitrogens is 1. The molecule has 0 saturated heterocycles. The predicted molar refractivity (Wildman–Crippen MR) is 68.3 cm³/mol. The quantitative estimate of drug-likeness (QED) is 0.921. The Kier molecular flexibility index (Phi) is 2.95. The normalized spacial score (nSPS) is 19.9. The molecule has 2 aromatic rings. The highest BCUT2D eigenvalue weighted by Crippen LogP contribution is 2.41. The van der Waals surface area contributed by atoms with Crippen molar-refractivity contribution >= 4 is 16.9 Å². The summed E-state index contributed by atoms with van der Waals surface area (Å²) in [4.78, 5) is 23.2. The Labute approximate surface area is 120 Å². The summed E-state index contributed by atoms with van der Waals surface area (Å²) in [5, 5.41) is 17.6. The summed E-state index contributed by atoms with van der Waals surface area (Å²) < 4.78 is 41.7. The predicted octanol–water partition coefficient (Wildman–Crippen LogP) is 2.13. The van der Waals surface area contributed by atoms with E-state index in [-0.39, 0.29) is 11.9 Å². The maximum absolute atomic E-state index is 13.8. The Bertz CT molecular complexity index is 930. The molecule has 1 heterocycles. The maximum Gasteiger partial charge on any atom is 0.341 e. The molecule has 0 amide bonds. The number of hydrogen-bond acceptors (Lipinski definition) is 3. The first-order valence-corrected chi connectivity index (χ1v) is 6.21. The fourth-order valence-electron chi connectivity index (χ4n) is 2.42. The zero-order chi connectivity index (χ0) is 16.2. The van der Waals surface area contributed by atoms with E-state index in [9.17, 15) is 22.8 Å². The fourth-order valence-corrected chi connectivity index (χ4v) is 2.42. The Morgan fingerprint density at radius 1 is 1.45 bits per heavy atom. The molecule has 0 radical (unpaired) electrons. The largest absolute Gasteiger partial charge is 0.477 e. The molecule has 112 valence electrons. The SMILES string of the molecule is N#Cc1c(F)c(F)cc2c(=O)c(C(=O)O)cn([C@@H]3C[C@@H]3F)c12. The average molecular weight is 308 g/mol. The molecule has 1 N–H and O–H groups in total. The number of nitriles is 1. The van der Waals surface area contributed by atoms with E-state index in [1.165, 1.54) is 6.07 Å². The Balaban J connectivity index is 2.54.